The summed E-state index contributed by atoms with van der Waals surface area (Å²) in [5.41, 5.74) is -0.0473. The van der Waals surface area contributed by atoms with Gasteiger partial charge in [-0.25, -0.2) is 13.2 Å². The van der Waals surface area contributed by atoms with Crippen molar-refractivity contribution in [2.75, 3.05) is 0 Å². The molecule has 0 unspecified atom stereocenters. The van der Waals surface area contributed by atoms with E-state index in [1.54, 1.807) is 0 Å². The predicted molar refractivity (Wildman–Crippen MR) is 35.7 cm³/mol. The Labute approximate surface area is 65.9 Å². The summed E-state index contributed by atoms with van der Waals surface area (Å²) >= 11 is 0. The van der Waals surface area contributed by atoms with Crippen molar-refractivity contribution >= 4 is 6.21 Å². The van der Waals surface area contributed by atoms with Crippen molar-refractivity contribution in [1.82, 2.24) is 0 Å². The maximum atomic E-state index is 12.4. The summed E-state index contributed by atoms with van der Waals surface area (Å²) in [7, 11) is 0. The highest BCUT2D eigenvalue weighted by Crippen LogP contribution is 2.11. The van der Waals surface area contributed by atoms with Gasteiger partial charge in [0, 0.05) is 5.56 Å². The number of rotatable bonds is 1. The lowest BCUT2D eigenvalue weighted by Gasteiger charge is -1.95. The van der Waals surface area contributed by atoms with E-state index in [9.17, 15) is 13.2 Å². The van der Waals surface area contributed by atoms with E-state index >= 15 is 0 Å². The maximum absolute atomic E-state index is 12.4. The molecule has 0 bridgehead atoms. The predicted octanol–water partition coefficient (Wildman–Crippen LogP) is 1.91. The third kappa shape index (κ3) is 1.55. The Morgan fingerprint density at radius 1 is 1.17 bits per heavy atom. The van der Waals surface area contributed by atoms with E-state index < -0.39 is 17.5 Å². The summed E-state index contributed by atoms with van der Waals surface area (Å²) in [6, 6.07) is 1.44. The third-order valence-corrected chi connectivity index (χ3v) is 1.21. The summed E-state index contributed by atoms with van der Waals surface area (Å²) in [4.78, 5) is 0. The quantitative estimate of drug-likeness (QED) is 0.300. The molecule has 0 aliphatic carbocycles. The van der Waals surface area contributed by atoms with Crippen LogP contribution in [-0.4, -0.2) is 11.4 Å². The molecule has 5 heteroatoms. The molecule has 0 aliphatic heterocycles. The van der Waals surface area contributed by atoms with Crippen LogP contribution in [0.3, 0.4) is 0 Å². The van der Waals surface area contributed by atoms with Gasteiger partial charge >= 0.3 is 0 Å². The van der Waals surface area contributed by atoms with E-state index in [2.05, 4.69) is 5.16 Å². The lowest BCUT2D eigenvalue weighted by molar-refractivity contribution is 0.322. The summed E-state index contributed by atoms with van der Waals surface area (Å²) in [6.45, 7) is 0. The second-order valence-electron chi connectivity index (χ2n) is 2.04. The largest absolute Gasteiger partial charge is 0.411 e. The minimum atomic E-state index is -1.54. The SMILES string of the molecule is O/N=C/c1cc(F)c(F)c(F)c1. The second kappa shape index (κ2) is 3.25. The van der Waals surface area contributed by atoms with Gasteiger partial charge in [-0.15, -0.1) is 0 Å². The molecule has 1 aromatic rings. The zero-order valence-electron chi connectivity index (χ0n) is 5.76. The minimum Gasteiger partial charge on any atom is -0.411 e. The van der Waals surface area contributed by atoms with Crippen LogP contribution in [-0.2, 0) is 0 Å². The molecule has 0 saturated heterocycles. The first-order chi connectivity index (χ1) is 5.65. The highest BCUT2D eigenvalue weighted by Gasteiger charge is 2.08. The molecule has 0 radical (unpaired) electrons. The van der Waals surface area contributed by atoms with Gasteiger partial charge in [0.05, 0.1) is 6.21 Å². The van der Waals surface area contributed by atoms with Gasteiger partial charge in [0.2, 0.25) is 0 Å². The summed E-state index contributed by atoms with van der Waals surface area (Å²) < 4.78 is 37.1. The molecule has 0 saturated carbocycles. The Bertz CT molecular complexity index is 301. The topological polar surface area (TPSA) is 32.6 Å². The van der Waals surface area contributed by atoms with Crippen LogP contribution in [0, 0.1) is 17.5 Å². The molecule has 0 spiro atoms. The monoisotopic (exact) mass is 175 g/mol. The van der Waals surface area contributed by atoms with Crippen molar-refractivity contribution in [1.29, 1.82) is 0 Å². The fraction of sp³-hybridized carbons (Fsp3) is 0. The van der Waals surface area contributed by atoms with Crippen LogP contribution in [0.25, 0.3) is 0 Å². The van der Waals surface area contributed by atoms with Gasteiger partial charge in [-0.3, -0.25) is 0 Å². The van der Waals surface area contributed by atoms with Gasteiger partial charge < -0.3 is 5.21 Å². The molecule has 1 rings (SSSR count). The van der Waals surface area contributed by atoms with E-state index in [1.165, 1.54) is 0 Å². The molecule has 0 aromatic heterocycles. The van der Waals surface area contributed by atoms with E-state index in [0.29, 0.717) is 0 Å². The number of hydrogen-bond acceptors (Lipinski definition) is 2. The van der Waals surface area contributed by atoms with Crippen LogP contribution < -0.4 is 0 Å². The van der Waals surface area contributed by atoms with Gasteiger partial charge in [-0.05, 0) is 12.1 Å². The van der Waals surface area contributed by atoms with Crippen molar-refractivity contribution in [3.8, 4) is 0 Å². The second-order valence-corrected chi connectivity index (χ2v) is 2.04. The number of halogens is 3. The van der Waals surface area contributed by atoms with Crippen molar-refractivity contribution in [3.63, 3.8) is 0 Å². The average molecular weight is 175 g/mol. The lowest BCUT2D eigenvalue weighted by Crippen LogP contribution is -1.93. The van der Waals surface area contributed by atoms with Gasteiger partial charge in [0.25, 0.3) is 0 Å². The minimum absolute atomic E-state index is 0.0473. The Hall–Kier alpha value is -1.52. The molecule has 1 N–H and O–H groups in total. The van der Waals surface area contributed by atoms with Crippen molar-refractivity contribution in [3.05, 3.63) is 35.1 Å². The average Bonchev–Trinajstić information content (AvgIpc) is 2.01. The highest BCUT2D eigenvalue weighted by atomic mass is 19.2. The van der Waals surface area contributed by atoms with E-state index in [-0.39, 0.29) is 5.56 Å². The smallest absolute Gasteiger partial charge is 0.194 e. The first-order valence-corrected chi connectivity index (χ1v) is 2.97. The van der Waals surface area contributed by atoms with Crippen LogP contribution in [0.5, 0.6) is 0 Å². The Morgan fingerprint density at radius 3 is 2.08 bits per heavy atom. The number of hydrogen-bond donors (Lipinski definition) is 1. The van der Waals surface area contributed by atoms with Crippen LogP contribution in [0.2, 0.25) is 0 Å². The highest BCUT2D eigenvalue weighted by molar-refractivity contribution is 5.78. The Kier molecular flexibility index (Phi) is 2.32. The van der Waals surface area contributed by atoms with Gasteiger partial charge in [0.1, 0.15) is 0 Å². The Morgan fingerprint density at radius 2 is 1.67 bits per heavy atom. The summed E-state index contributed by atoms with van der Waals surface area (Å²) in [6.07, 6.45) is 0.797. The summed E-state index contributed by atoms with van der Waals surface area (Å²) in [5, 5.41) is 10.5. The lowest BCUT2D eigenvalue weighted by atomic mass is 10.2. The van der Waals surface area contributed by atoms with Crippen LogP contribution in [0.15, 0.2) is 17.3 Å². The molecule has 12 heavy (non-hydrogen) atoms. The van der Waals surface area contributed by atoms with Crippen molar-refractivity contribution < 1.29 is 18.4 Å². The first kappa shape index (κ1) is 8.58. The molecule has 64 valence electrons. The maximum Gasteiger partial charge on any atom is 0.194 e. The normalized spacial score (nSPS) is 10.9. The van der Waals surface area contributed by atoms with Crippen LogP contribution in [0.1, 0.15) is 5.56 Å². The zero-order valence-corrected chi connectivity index (χ0v) is 5.76. The van der Waals surface area contributed by atoms with Crippen LogP contribution in [0.4, 0.5) is 13.2 Å². The number of nitrogens with zero attached hydrogens (tertiary/aromatic N) is 1. The Balaban J connectivity index is 3.21. The molecule has 0 atom stereocenters. The van der Waals surface area contributed by atoms with Gasteiger partial charge in [0.15, 0.2) is 17.5 Å². The molecule has 1 aromatic carbocycles. The van der Waals surface area contributed by atoms with E-state index in [1.807, 2.05) is 0 Å². The molecular weight excluding hydrogens is 171 g/mol. The number of oxime groups is 1. The molecule has 0 aliphatic rings. The summed E-state index contributed by atoms with van der Waals surface area (Å²) in [5.74, 6) is -4.17. The molecule has 2 nitrogen and oxygen atoms in total. The first-order valence-electron chi connectivity index (χ1n) is 2.97. The van der Waals surface area contributed by atoms with Crippen LogP contribution >= 0.6 is 0 Å². The van der Waals surface area contributed by atoms with Gasteiger partial charge in [-0.1, -0.05) is 5.16 Å². The van der Waals surface area contributed by atoms with E-state index in [0.717, 1.165) is 18.3 Å². The van der Waals surface area contributed by atoms with E-state index in [4.69, 9.17) is 5.21 Å². The molecule has 0 heterocycles. The fourth-order valence-electron chi connectivity index (χ4n) is 0.716. The number of benzene rings is 1. The van der Waals surface area contributed by atoms with Crippen molar-refractivity contribution in [2.24, 2.45) is 5.16 Å². The molecule has 0 fully saturated rings. The van der Waals surface area contributed by atoms with Crippen molar-refractivity contribution in [2.45, 2.75) is 0 Å². The zero-order chi connectivity index (χ0) is 9.14. The third-order valence-electron chi connectivity index (χ3n) is 1.21. The standard InChI is InChI=1S/C7H4F3NO/c8-5-1-4(3-11-12)2-6(9)7(5)10/h1-3,12H/b11-3+. The molecule has 0 amide bonds. The van der Waals surface area contributed by atoms with Gasteiger partial charge in [-0.2, -0.15) is 0 Å². The fourth-order valence-corrected chi connectivity index (χ4v) is 0.716. The molecular formula is C7H4F3NO.